The molecule has 0 aliphatic rings. The van der Waals surface area contributed by atoms with Gasteiger partial charge in [0, 0.05) is 23.3 Å². The highest BCUT2D eigenvalue weighted by molar-refractivity contribution is 7.13. The predicted octanol–water partition coefficient (Wildman–Crippen LogP) is 2.62. The summed E-state index contributed by atoms with van der Waals surface area (Å²) in [6.07, 6.45) is 3.78. The van der Waals surface area contributed by atoms with E-state index in [1.165, 1.54) is 11.3 Å². The highest BCUT2D eigenvalue weighted by atomic mass is 32.1. The molecule has 0 aliphatic heterocycles. The van der Waals surface area contributed by atoms with E-state index >= 15 is 0 Å². The van der Waals surface area contributed by atoms with Crippen molar-refractivity contribution in [2.75, 3.05) is 6.61 Å². The number of pyridine rings is 1. The second-order valence-corrected chi connectivity index (χ2v) is 4.67. The summed E-state index contributed by atoms with van der Waals surface area (Å²) in [5.41, 5.74) is 2.89. The van der Waals surface area contributed by atoms with Gasteiger partial charge in [-0.15, -0.1) is 11.3 Å². The standard InChI is InChI=1S/C13H14N2O2S/c1-3-17-12(16)6-10-8-18-13(15-10)11-4-5-14-7-9(11)2/h4-5,7-8H,3,6H2,1-2H3. The van der Waals surface area contributed by atoms with Crippen LogP contribution in [0.25, 0.3) is 10.6 Å². The Kier molecular flexibility index (Phi) is 4.04. The van der Waals surface area contributed by atoms with E-state index in [0.717, 1.165) is 21.8 Å². The quantitative estimate of drug-likeness (QED) is 0.795. The number of ether oxygens (including phenoxy) is 1. The Balaban J connectivity index is 2.16. The first-order valence-electron chi connectivity index (χ1n) is 5.71. The molecule has 18 heavy (non-hydrogen) atoms. The lowest BCUT2D eigenvalue weighted by Gasteiger charge is -2.00. The van der Waals surface area contributed by atoms with Gasteiger partial charge in [0.05, 0.1) is 18.7 Å². The number of aromatic nitrogens is 2. The molecule has 0 atom stereocenters. The number of carbonyl (C=O) groups is 1. The number of nitrogens with zero attached hydrogens (tertiary/aromatic N) is 2. The zero-order valence-corrected chi connectivity index (χ0v) is 11.2. The van der Waals surface area contributed by atoms with Gasteiger partial charge >= 0.3 is 5.97 Å². The average molecular weight is 262 g/mol. The van der Waals surface area contributed by atoms with Crippen molar-refractivity contribution in [3.05, 3.63) is 35.1 Å². The highest BCUT2D eigenvalue weighted by Gasteiger charge is 2.10. The maximum atomic E-state index is 11.4. The number of carbonyl (C=O) groups excluding carboxylic acids is 1. The largest absolute Gasteiger partial charge is 0.466 e. The van der Waals surface area contributed by atoms with Crippen molar-refractivity contribution in [1.82, 2.24) is 9.97 Å². The SMILES string of the molecule is CCOC(=O)Cc1csc(-c2ccncc2C)n1. The summed E-state index contributed by atoms with van der Waals surface area (Å²) < 4.78 is 4.90. The molecule has 0 unspecified atom stereocenters. The molecule has 0 bridgehead atoms. The molecule has 2 rings (SSSR count). The number of hydrogen-bond donors (Lipinski definition) is 0. The van der Waals surface area contributed by atoms with Gasteiger partial charge in [-0.2, -0.15) is 0 Å². The van der Waals surface area contributed by atoms with Crippen molar-refractivity contribution in [3.8, 4) is 10.6 Å². The third-order valence-electron chi connectivity index (χ3n) is 2.43. The fourth-order valence-electron chi connectivity index (χ4n) is 1.59. The Labute approximate surface area is 110 Å². The molecule has 4 nitrogen and oxygen atoms in total. The monoisotopic (exact) mass is 262 g/mol. The molecule has 2 heterocycles. The maximum Gasteiger partial charge on any atom is 0.311 e. The Morgan fingerprint density at radius 3 is 3.06 bits per heavy atom. The van der Waals surface area contributed by atoms with Crippen LogP contribution in [0.2, 0.25) is 0 Å². The van der Waals surface area contributed by atoms with E-state index in [1.54, 1.807) is 13.1 Å². The number of aryl methyl sites for hydroxylation is 1. The zero-order chi connectivity index (χ0) is 13.0. The van der Waals surface area contributed by atoms with Crippen LogP contribution in [0.1, 0.15) is 18.2 Å². The van der Waals surface area contributed by atoms with Crippen molar-refractivity contribution in [2.24, 2.45) is 0 Å². The normalized spacial score (nSPS) is 10.3. The van der Waals surface area contributed by atoms with E-state index in [1.807, 2.05) is 24.6 Å². The van der Waals surface area contributed by atoms with Crippen LogP contribution in [0.3, 0.4) is 0 Å². The first-order valence-corrected chi connectivity index (χ1v) is 6.59. The Hall–Kier alpha value is -1.75. The molecule has 0 radical (unpaired) electrons. The summed E-state index contributed by atoms with van der Waals surface area (Å²) in [5, 5.41) is 2.81. The lowest BCUT2D eigenvalue weighted by atomic mass is 10.2. The molecule has 5 heteroatoms. The van der Waals surface area contributed by atoms with Crippen LogP contribution in [0, 0.1) is 6.92 Å². The van der Waals surface area contributed by atoms with Gasteiger partial charge in [0.1, 0.15) is 5.01 Å². The van der Waals surface area contributed by atoms with Crippen LogP contribution < -0.4 is 0 Å². The predicted molar refractivity (Wildman–Crippen MR) is 70.4 cm³/mol. The molecule has 2 aromatic rings. The van der Waals surface area contributed by atoms with Crippen LogP contribution in [0.15, 0.2) is 23.8 Å². The van der Waals surface area contributed by atoms with Crippen LogP contribution in [-0.4, -0.2) is 22.5 Å². The maximum absolute atomic E-state index is 11.4. The number of esters is 1. The lowest BCUT2D eigenvalue weighted by molar-refractivity contribution is -0.142. The van der Waals surface area contributed by atoms with Crippen LogP contribution in [0.4, 0.5) is 0 Å². The molecular formula is C13H14N2O2S. The summed E-state index contributed by atoms with van der Waals surface area (Å²) >= 11 is 1.53. The first-order chi connectivity index (χ1) is 8.70. The molecule has 94 valence electrons. The van der Waals surface area contributed by atoms with Gasteiger partial charge in [0.15, 0.2) is 0 Å². The Morgan fingerprint density at radius 2 is 2.33 bits per heavy atom. The fraction of sp³-hybridized carbons (Fsp3) is 0.308. The second kappa shape index (κ2) is 5.73. The van der Waals surface area contributed by atoms with E-state index < -0.39 is 0 Å². The molecular weight excluding hydrogens is 248 g/mol. The third kappa shape index (κ3) is 2.92. The number of hydrogen-bond acceptors (Lipinski definition) is 5. The minimum absolute atomic E-state index is 0.231. The Bertz CT molecular complexity index is 551. The van der Waals surface area contributed by atoms with E-state index in [9.17, 15) is 4.79 Å². The molecule has 0 aromatic carbocycles. The molecule has 2 aromatic heterocycles. The Morgan fingerprint density at radius 1 is 1.50 bits per heavy atom. The third-order valence-corrected chi connectivity index (χ3v) is 3.36. The van der Waals surface area contributed by atoms with Crippen LogP contribution in [-0.2, 0) is 16.0 Å². The summed E-state index contributed by atoms with van der Waals surface area (Å²) in [5.74, 6) is -0.235. The molecule has 0 amide bonds. The van der Waals surface area contributed by atoms with Gasteiger partial charge < -0.3 is 4.74 Å². The van der Waals surface area contributed by atoms with E-state index in [0.29, 0.717) is 6.61 Å². The lowest BCUT2D eigenvalue weighted by Crippen LogP contribution is -2.07. The topological polar surface area (TPSA) is 52.1 Å². The zero-order valence-electron chi connectivity index (χ0n) is 10.3. The minimum Gasteiger partial charge on any atom is -0.466 e. The minimum atomic E-state index is -0.235. The average Bonchev–Trinajstić information content (AvgIpc) is 2.78. The second-order valence-electron chi connectivity index (χ2n) is 3.82. The number of rotatable bonds is 4. The summed E-state index contributed by atoms with van der Waals surface area (Å²) in [6, 6.07) is 1.93. The summed E-state index contributed by atoms with van der Waals surface area (Å²) in [4.78, 5) is 19.9. The van der Waals surface area contributed by atoms with Gasteiger partial charge in [-0.1, -0.05) is 0 Å². The summed E-state index contributed by atoms with van der Waals surface area (Å²) in [7, 11) is 0. The molecule has 0 saturated heterocycles. The molecule has 0 spiro atoms. The van der Waals surface area contributed by atoms with Crippen molar-refractivity contribution >= 4 is 17.3 Å². The van der Waals surface area contributed by atoms with Crippen LogP contribution >= 0.6 is 11.3 Å². The first kappa shape index (κ1) is 12.7. The van der Waals surface area contributed by atoms with Crippen LogP contribution in [0.5, 0.6) is 0 Å². The van der Waals surface area contributed by atoms with Gasteiger partial charge in [0.2, 0.25) is 0 Å². The van der Waals surface area contributed by atoms with Gasteiger partial charge in [-0.05, 0) is 25.5 Å². The fourth-order valence-corrected chi connectivity index (χ4v) is 2.49. The van der Waals surface area contributed by atoms with Crippen molar-refractivity contribution in [1.29, 1.82) is 0 Å². The smallest absolute Gasteiger partial charge is 0.311 e. The van der Waals surface area contributed by atoms with Gasteiger partial charge in [-0.25, -0.2) is 4.98 Å². The van der Waals surface area contributed by atoms with E-state index in [4.69, 9.17) is 4.74 Å². The van der Waals surface area contributed by atoms with Crippen molar-refractivity contribution in [2.45, 2.75) is 20.3 Å². The van der Waals surface area contributed by atoms with E-state index in [-0.39, 0.29) is 12.4 Å². The summed E-state index contributed by atoms with van der Waals surface area (Å²) in [6.45, 7) is 4.19. The molecule has 0 aliphatic carbocycles. The molecule has 0 saturated carbocycles. The van der Waals surface area contributed by atoms with E-state index in [2.05, 4.69) is 9.97 Å². The van der Waals surface area contributed by atoms with Gasteiger partial charge in [0.25, 0.3) is 0 Å². The van der Waals surface area contributed by atoms with Crippen molar-refractivity contribution < 1.29 is 9.53 Å². The highest BCUT2D eigenvalue weighted by Crippen LogP contribution is 2.26. The molecule has 0 fully saturated rings. The molecule has 0 N–H and O–H groups in total. The van der Waals surface area contributed by atoms with Gasteiger partial charge in [-0.3, -0.25) is 9.78 Å². The number of thiazole rings is 1. The van der Waals surface area contributed by atoms with Crippen molar-refractivity contribution in [3.63, 3.8) is 0 Å².